The highest BCUT2D eigenvalue weighted by Crippen LogP contribution is 2.32. The zero-order valence-electron chi connectivity index (χ0n) is 10.4. The Morgan fingerprint density at radius 1 is 1.05 bits per heavy atom. The summed E-state index contributed by atoms with van der Waals surface area (Å²) in [6.45, 7) is 0. The van der Waals surface area contributed by atoms with Crippen molar-refractivity contribution < 1.29 is 9.90 Å². The van der Waals surface area contributed by atoms with Gasteiger partial charge in [-0.15, -0.1) is 0 Å². The number of nitrogens with zero attached hydrogens (tertiary/aromatic N) is 2. The molecule has 0 fully saturated rings. The summed E-state index contributed by atoms with van der Waals surface area (Å²) in [7, 11) is 0. The van der Waals surface area contributed by atoms with Crippen molar-refractivity contribution in [1.82, 2.24) is 10.2 Å². The molecule has 0 aliphatic carbocycles. The molecule has 20 heavy (non-hydrogen) atoms. The van der Waals surface area contributed by atoms with E-state index in [-0.39, 0.29) is 5.56 Å². The van der Waals surface area contributed by atoms with Gasteiger partial charge in [-0.3, -0.25) is 0 Å². The minimum Gasteiger partial charge on any atom is -0.478 e. The number of fused-ring (bicyclic) bond motifs is 1. The van der Waals surface area contributed by atoms with Gasteiger partial charge in [0.05, 0.1) is 17.3 Å². The molecule has 0 amide bonds. The highest BCUT2D eigenvalue weighted by molar-refractivity contribution is 7.99. The van der Waals surface area contributed by atoms with Gasteiger partial charge in [0.25, 0.3) is 0 Å². The van der Waals surface area contributed by atoms with Crippen LogP contribution in [0.15, 0.2) is 64.5 Å². The summed E-state index contributed by atoms with van der Waals surface area (Å²) in [6, 6.07) is 14.6. The largest absolute Gasteiger partial charge is 0.478 e. The predicted molar refractivity (Wildman–Crippen MR) is 77.1 cm³/mol. The molecule has 5 heteroatoms. The maximum absolute atomic E-state index is 10.8. The topological polar surface area (TPSA) is 63.1 Å². The molecule has 0 saturated carbocycles. The van der Waals surface area contributed by atoms with Gasteiger partial charge in [-0.2, -0.15) is 10.2 Å². The fourth-order valence-electron chi connectivity index (χ4n) is 1.86. The third-order valence-electron chi connectivity index (χ3n) is 2.84. The number of benzene rings is 2. The third kappa shape index (κ3) is 2.48. The molecule has 3 rings (SSSR count). The van der Waals surface area contributed by atoms with Gasteiger partial charge >= 0.3 is 5.97 Å². The average molecular weight is 282 g/mol. The molecular formula is C15H10N2O2S. The Bertz CT molecular complexity index is 767. The molecule has 0 saturated heterocycles. The van der Waals surface area contributed by atoms with E-state index in [2.05, 4.69) is 10.2 Å². The lowest BCUT2D eigenvalue weighted by Crippen LogP contribution is -1.94. The van der Waals surface area contributed by atoms with Gasteiger partial charge in [0.15, 0.2) is 0 Å². The summed E-state index contributed by atoms with van der Waals surface area (Å²) >= 11 is 1.54. The van der Waals surface area contributed by atoms with E-state index in [0.29, 0.717) is 0 Å². The van der Waals surface area contributed by atoms with Crippen LogP contribution in [0.2, 0.25) is 0 Å². The SMILES string of the molecule is O=C(O)c1ccc(Sc2cnnc3ccccc23)cc1. The molecule has 0 unspecified atom stereocenters. The van der Waals surface area contributed by atoms with Gasteiger partial charge in [0, 0.05) is 15.2 Å². The second-order valence-electron chi connectivity index (χ2n) is 4.16. The zero-order chi connectivity index (χ0) is 13.9. The molecule has 1 aromatic heterocycles. The second kappa shape index (κ2) is 5.30. The van der Waals surface area contributed by atoms with E-state index in [1.54, 1.807) is 42.2 Å². The van der Waals surface area contributed by atoms with Gasteiger partial charge in [0.2, 0.25) is 0 Å². The molecule has 1 heterocycles. The molecule has 2 aromatic carbocycles. The van der Waals surface area contributed by atoms with E-state index in [1.165, 1.54) is 0 Å². The van der Waals surface area contributed by atoms with E-state index in [9.17, 15) is 4.79 Å². The summed E-state index contributed by atoms with van der Waals surface area (Å²) in [5.74, 6) is -0.919. The van der Waals surface area contributed by atoms with E-state index >= 15 is 0 Å². The molecule has 0 radical (unpaired) electrons. The summed E-state index contributed by atoms with van der Waals surface area (Å²) in [4.78, 5) is 12.8. The number of carbonyl (C=O) groups is 1. The molecule has 0 atom stereocenters. The van der Waals surface area contributed by atoms with Crippen LogP contribution in [-0.2, 0) is 0 Å². The van der Waals surface area contributed by atoms with Crippen molar-refractivity contribution in [3.63, 3.8) is 0 Å². The lowest BCUT2D eigenvalue weighted by molar-refractivity contribution is 0.0697. The minimum atomic E-state index is -0.919. The van der Waals surface area contributed by atoms with Crippen molar-refractivity contribution >= 4 is 28.6 Å². The highest BCUT2D eigenvalue weighted by Gasteiger charge is 2.06. The van der Waals surface area contributed by atoms with Crippen molar-refractivity contribution in [3.8, 4) is 0 Å². The lowest BCUT2D eigenvalue weighted by Gasteiger charge is -2.05. The molecule has 0 aliphatic heterocycles. The van der Waals surface area contributed by atoms with Gasteiger partial charge in [-0.1, -0.05) is 30.0 Å². The van der Waals surface area contributed by atoms with Crippen molar-refractivity contribution in [2.45, 2.75) is 9.79 Å². The Morgan fingerprint density at radius 3 is 2.55 bits per heavy atom. The molecule has 0 aliphatic rings. The average Bonchev–Trinajstić information content (AvgIpc) is 2.48. The summed E-state index contributed by atoms with van der Waals surface area (Å²) < 4.78 is 0. The number of carboxylic acids is 1. The Morgan fingerprint density at radius 2 is 1.80 bits per heavy atom. The first kappa shape index (κ1) is 12.6. The van der Waals surface area contributed by atoms with Gasteiger partial charge < -0.3 is 5.11 Å². The van der Waals surface area contributed by atoms with Crippen LogP contribution in [0.4, 0.5) is 0 Å². The summed E-state index contributed by atoms with van der Waals surface area (Å²) in [6.07, 6.45) is 1.72. The maximum atomic E-state index is 10.8. The van der Waals surface area contributed by atoms with E-state index < -0.39 is 5.97 Å². The van der Waals surface area contributed by atoms with E-state index in [4.69, 9.17) is 5.11 Å². The van der Waals surface area contributed by atoms with E-state index in [1.807, 2.05) is 24.3 Å². The van der Waals surface area contributed by atoms with Crippen LogP contribution in [0.3, 0.4) is 0 Å². The Balaban J connectivity index is 1.95. The Labute approximate surface area is 119 Å². The molecule has 3 aromatic rings. The van der Waals surface area contributed by atoms with Crippen LogP contribution in [0.25, 0.3) is 10.9 Å². The quantitative estimate of drug-likeness (QED) is 0.796. The predicted octanol–water partition coefficient (Wildman–Crippen LogP) is 3.48. The zero-order valence-corrected chi connectivity index (χ0v) is 11.2. The van der Waals surface area contributed by atoms with Crippen LogP contribution >= 0.6 is 11.8 Å². The van der Waals surface area contributed by atoms with Crippen LogP contribution in [0.5, 0.6) is 0 Å². The molecule has 1 N–H and O–H groups in total. The number of rotatable bonds is 3. The fraction of sp³-hybridized carbons (Fsp3) is 0. The Kier molecular flexibility index (Phi) is 3.35. The first-order chi connectivity index (χ1) is 9.74. The lowest BCUT2D eigenvalue weighted by atomic mass is 10.2. The molecule has 4 nitrogen and oxygen atoms in total. The van der Waals surface area contributed by atoms with Gasteiger partial charge in [0.1, 0.15) is 0 Å². The van der Waals surface area contributed by atoms with Gasteiger partial charge in [-0.05, 0) is 30.3 Å². The minimum absolute atomic E-state index is 0.284. The summed E-state index contributed by atoms with van der Waals surface area (Å²) in [5.41, 5.74) is 1.13. The molecular weight excluding hydrogens is 272 g/mol. The van der Waals surface area contributed by atoms with Crippen LogP contribution in [0, 0.1) is 0 Å². The fourth-order valence-corrected chi connectivity index (χ4v) is 2.76. The second-order valence-corrected chi connectivity index (χ2v) is 5.27. The number of hydrogen-bond acceptors (Lipinski definition) is 4. The Hall–Kier alpha value is -2.40. The molecule has 98 valence electrons. The number of aromatic nitrogens is 2. The van der Waals surface area contributed by atoms with Crippen molar-refractivity contribution in [2.75, 3.05) is 0 Å². The summed E-state index contributed by atoms with van der Waals surface area (Å²) in [5, 5.41) is 18.0. The van der Waals surface area contributed by atoms with Crippen LogP contribution < -0.4 is 0 Å². The number of hydrogen-bond donors (Lipinski definition) is 1. The van der Waals surface area contributed by atoms with Crippen molar-refractivity contribution in [2.24, 2.45) is 0 Å². The molecule has 0 spiro atoms. The van der Waals surface area contributed by atoms with Crippen LogP contribution in [0.1, 0.15) is 10.4 Å². The highest BCUT2D eigenvalue weighted by atomic mass is 32.2. The first-order valence-electron chi connectivity index (χ1n) is 5.96. The van der Waals surface area contributed by atoms with E-state index in [0.717, 1.165) is 20.7 Å². The van der Waals surface area contributed by atoms with Crippen molar-refractivity contribution in [3.05, 3.63) is 60.3 Å². The number of aromatic carboxylic acids is 1. The first-order valence-corrected chi connectivity index (χ1v) is 6.77. The van der Waals surface area contributed by atoms with Gasteiger partial charge in [-0.25, -0.2) is 4.79 Å². The molecule has 0 bridgehead atoms. The monoisotopic (exact) mass is 282 g/mol. The smallest absolute Gasteiger partial charge is 0.335 e. The third-order valence-corrected chi connectivity index (χ3v) is 3.89. The van der Waals surface area contributed by atoms with Crippen LogP contribution in [-0.4, -0.2) is 21.3 Å². The normalized spacial score (nSPS) is 10.6. The number of carboxylic acid groups (broad SMARTS) is 1. The maximum Gasteiger partial charge on any atom is 0.335 e. The van der Waals surface area contributed by atoms with Crippen molar-refractivity contribution in [1.29, 1.82) is 0 Å². The standard InChI is InChI=1S/C15H10N2O2S/c18-15(19)10-5-7-11(8-6-10)20-14-9-16-17-13-4-2-1-3-12(13)14/h1-9H,(H,18,19).